The molecule has 0 bridgehead atoms. The zero-order valence-electron chi connectivity index (χ0n) is 11.3. The maximum absolute atomic E-state index is 11.6. The first kappa shape index (κ1) is 13.5. The van der Waals surface area contributed by atoms with Crippen LogP contribution in [0.1, 0.15) is 53.4 Å². The maximum Gasteiger partial charge on any atom is 0.126 e. The second kappa shape index (κ2) is 5.16. The lowest BCUT2D eigenvalue weighted by molar-refractivity contribution is -0.124. The summed E-state index contributed by atoms with van der Waals surface area (Å²) >= 11 is 0. The van der Waals surface area contributed by atoms with Crippen molar-refractivity contribution < 1.29 is 4.79 Å². The number of aldehydes is 1. The van der Waals surface area contributed by atoms with E-state index in [9.17, 15) is 4.79 Å². The zero-order chi connectivity index (χ0) is 12.3. The average Bonchev–Trinajstić information content (AvgIpc) is 2.16. The van der Waals surface area contributed by atoms with Gasteiger partial charge in [-0.15, -0.1) is 6.58 Å². The molecular weight excluding hydrogens is 196 g/mol. The van der Waals surface area contributed by atoms with Crippen LogP contribution >= 0.6 is 0 Å². The van der Waals surface area contributed by atoms with Crippen LogP contribution in [0.2, 0.25) is 0 Å². The summed E-state index contributed by atoms with van der Waals surface area (Å²) in [5.74, 6) is 1.81. The molecule has 1 unspecified atom stereocenters. The molecule has 16 heavy (non-hydrogen) atoms. The molecule has 0 amide bonds. The number of allylic oxidation sites excluding steroid dienone is 1. The maximum atomic E-state index is 11.6. The lowest BCUT2D eigenvalue weighted by atomic mass is 9.58. The molecule has 1 aliphatic carbocycles. The van der Waals surface area contributed by atoms with E-state index in [4.69, 9.17) is 0 Å². The monoisotopic (exact) mass is 222 g/mol. The van der Waals surface area contributed by atoms with Gasteiger partial charge in [0.2, 0.25) is 0 Å². The van der Waals surface area contributed by atoms with Crippen molar-refractivity contribution in [3.8, 4) is 0 Å². The molecule has 1 heteroatoms. The fraction of sp³-hybridized carbons (Fsp3) is 0.800. The van der Waals surface area contributed by atoms with Gasteiger partial charge in [0.25, 0.3) is 0 Å². The number of carbonyl (C=O) groups excluding carboxylic acids is 1. The highest BCUT2D eigenvalue weighted by molar-refractivity contribution is 5.61. The molecule has 1 nitrogen and oxygen atoms in total. The van der Waals surface area contributed by atoms with Crippen molar-refractivity contribution in [3.63, 3.8) is 0 Å². The highest BCUT2D eigenvalue weighted by Crippen LogP contribution is 2.49. The van der Waals surface area contributed by atoms with Gasteiger partial charge >= 0.3 is 0 Å². The van der Waals surface area contributed by atoms with E-state index in [0.717, 1.165) is 18.4 Å². The Balaban J connectivity index is 2.96. The van der Waals surface area contributed by atoms with Gasteiger partial charge in [-0.1, -0.05) is 32.8 Å². The molecule has 0 spiro atoms. The van der Waals surface area contributed by atoms with Gasteiger partial charge in [-0.3, -0.25) is 0 Å². The molecule has 0 aromatic heterocycles. The molecule has 0 radical (unpaired) electrons. The molecule has 1 fully saturated rings. The first-order valence-electron chi connectivity index (χ1n) is 6.52. The standard InChI is InChI=1S/C15H26O/c1-11(2)8-15(10-16)9-13(5)6-7-14(15)12(3)4/h10,12-14H,1,6-9H2,2-5H3/t13-,14+,15?/m1/s1. The van der Waals surface area contributed by atoms with Crippen molar-refractivity contribution in [2.75, 3.05) is 0 Å². The van der Waals surface area contributed by atoms with Crippen LogP contribution in [0.25, 0.3) is 0 Å². The minimum absolute atomic E-state index is 0.127. The Labute approximate surface area is 100 Å². The lowest BCUT2D eigenvalue weighted by Crippen LogP contribution is -2.40. The zero-order valence-corrected chi connectivity index (χ0v) is 11.3. The van der Waals surface area contributed by atoms with Crippen molar-refractivity contribution in [2.24, 2.45) is 23.2 Å². The Morgan fingerprint density at radius 3 is 2.56 bits per heavy atom. The Hall–Kier alpha value is -0.590. The lowest BCUT2D eigenvalue weighted by Gasteiger charge is -2.45. The summed E-state index contributed by atoms with van der Waals surface area (Å²) in [4.78, 5) is 11.6. The Kier molecular flexibility index (Phi) is 4.35. The molecule has 92 valence electrons. The molecular formula is C15H26O. The summed E-state index contributed by atoms with van der Waals surface area (Å²) in [6, 6.07) is 0. The van der Waals surface area contributed by atoms with Gasteiger partial charge in [-0.05, 0) is 43.9 Å². The smallest absolute Gasteiger partial charge is 0.126 e. The summed E-state index contributed by atoms with van der Waals surface area (Å²) in [7, 11) is 0. The third-order valence-electron chi connectivity index (χ3n) is 4.11. The fourth-order valence-corrected chi connectivity index (χ4v) is 3.59. The number of carbonyl (C=O) groups is 1. The number of hydrogen-bond donors (Lipinski definition) is 0. The number of rotatable bonds is 4. The third-order valence-corrected chi connectivity index (χ3v) is 4.11. The van der Waals surface area contributed by atoms with Crippen LogP contribution in [0.5, 0.6) is 0 Å². The Morgan fingerprint density at radius 1 is 1.50 bits per heavy atom. The largest absolute Gasteiger partial charge is 0.303 e. The van der Waals surface area contributed by atoms with Gasteiger partial charge in [0.05, 0.1) is 0 Å². The van der Waals surface area contributed by atoms with Gasteiger partial charge in [0, 0.05) is 5.41 Å². The summed E-state index contributed by atoms with van der Waals surface area (Å²) in [6.07, 6.45) is 5.64. The van der Waals surface area contributed by atoms with E-state index < -0.39 is 0 Å². The van der Waals surface area contributed by atoms with E-state index in [-0.39, 0.29) is 5.41 Å². The first-order chi connectivity index (χ1) is 7.41. The van der Waals surface area contributed by atoms with E-state index >= 15 is 0 Å². The minimum Gasteiger partial charge on any atom is -0.303 e. The third kappa shape index (κ3) is 2.75. The normalized spacial score (nSPS) is 35.1. The Bertz CT molecular complexity index is 267. The molecule has 1 rings (SSSR count). The molecule has 0 aliphatic heterocycles. The van der Waals surface area contributed by atoms with Crippen molar-refractivity contribution in [2.45, 2.75) is 53.4 Å². The van der Waals surface area contributed by atoms with E-state index in [1.807, 2.05) is 6.92 Å². The van der Waals surface area contributed by atoms with Crippen molar-refractivity contribution >= 4 is 6.29 Å². The molecule has 0 aromatic carbocycles. The van der Waals surface area contributed by atoms with Crippen LogP contribution in [-0.2, 0) is 4.79 Å². The second-order valence-electron chi connectivity index (χ2n) is 6.22. The molecule has 0 aromatic rings. The van der Waals surface area contributed by atoms with E-state index in [1.54, 1.807) is 0 Å². The minimum atomic E-state index is -0.127. The van der Waals surface area contributed by atoms with E-state index in [2.05, 4.69) is 27.4 Å². The van der Waals surface area contributed by atoms with Crippen molar-refractivity contribution in [1.29, 1.82) is 0 Å². The van der Waals surface area contributed by atoms with Crippen LogP contribution < -0.4 is 0 Å². The summed E-state index contributed by atoms with van der Waals surface area (Å²) in [5.41, 5.74) is 1.02. The predicted molar refractivity (Wildman–Crippen MR) is 69.3 cm³/mol. The predicted octanol–water partition coefficient (Wildman–Crippen LogP) is 4.23. The topological polar surface area (TPSA) is 17.1 Å². The first-order valence-corrected chi connectivity index (χ1v) is 6.52. The molecule has 0 heterocycles. The second-order valence-corrected chi connectivity index (χ2v) is 6.22. The summed E-state index contributed by atoms with van der Waals surface area (Å²) in [6.45, 7) is 12.8. The number of hydrogen-bond acceptors (Lipinski definition) is 1. The van der Waals surface area contributed by atoms with Gasteiger partial charge in [-0.2, -0.15) is 0 Å². The van der Waals surface area contributed by atoms with Crippen LogP contribution in [0.4, 0.5) is 0 Å². The van der Waals surface area contributed by atoms with Gasteiger partial charge in [-0.25, -0.2) is 0 Å². The molecule has 1 saturated carbocycles. The van der Waals surface area contributed by atoms with E-state index in [1.165, 1.54) is 19.1 Å². The van der Waals surface area contributed by atoms with Crippen molar-refractivity contribution in [3.05, 3.63) is 12.2 Å². The molecule has 0 N–H and O–H groups in total. The van der Waals surface area contributed by atoms with Crippen LogP contribution in [-0.4, -0.2) is 6.29 Å². The molecule has 0 saturated heterocycles. The fourth-order valence-electron chi connectivity index (χ4n) is 3.59. The van der Waals surface area contributed by atoms with Crippen molar-refractivity contribution in [1.82, 2.24) is 0 Å². The van der Waals surface area contributed by atoms with Gasteiger partial charge in [0.1, 0.15) is 6.29 Å². The SMILES string of the molecule is C=C(C)CC1(C=O)C[C@H](C)CC[C@H]1C(C)C. The highest BCUT2D eigenvalue weighted by atomic mass is 16.1. The average molecular weight is 222 g/mol. The van der Waals surface area contributed by atoms with Crippen LogP contribution in [0, 0.1) is 23.2 Å². The van der Waals surface area contributed by atoms with Gasteiger partial charge in [0.15, 0.2) is 0 Å². The Morgan fingerprint density at radius 2 is 2.12 bits per heavy atom. The quantitative estimate of drug-likeness (QED) is 0.514. The van der Waals surface area contributed by atoms with Crippen LogP contribution in [0.15, 0.2) is 12.2 Å². The summed E-state index contributed by atoms with van der Waals surface area (Å²) in [5, 5.41) is 0. The van der Waals surface area contributed by atoms with Gasteiger partial charge < -0.3 is 4.79 Å². The molecule has 3 atom stereocenters. The summed E-state index contributed by atoms with van der Waals surface area (Å²) < 4.78 is 0. The van der Waals surface area contributed by atoms with E-state index in [0.29, 0.717) is 17.8 Å². The van der Waals surface area contributed by atoms with Crippen LogP contribution in [0.3, 0.4) is 0 Å². The molecule has 1 aliphatic rings. The highest BCUT2D eigenvalue weighted by Gasteiger charge is 2.43.